The summed E-state index contributed by atoms with van der Waals surface area (Å²) >= 11 is 0. The fraction of sp³-hybridized carbons (Fsp3) is 0.833. The van der Waals surface area contributed by atoms with Gasteiger partial charge in [0, 0.05) is 6.04 Å². The van der Waals surface area contributed by atoms with Crippen LogP contribution in [0.4, 0.5) is 0 Å². The van der Waals surface area contributed by atoms with Crippen LogP contribution in [0.15, 0.2) is 0 Å². The molecule has 0 aliphatic heterocycles. The predicted octanol–water partition coefficient (Wildman–Crippen LogP) is 0.524. The van der Waals surface area contributed by atoms with Crippen LogP contribution >= 0.6 is 0 Å². The van der Waals surface area contributed by atoms with Crippen molar-refractivity contribution in [2.45, 2.75) is 45.2 Å². The molecule has 0 heterocycles. The van der Waals surface area contributed by atoms with Gasteiger partial charge in [-0.1, -0.05) is 0 Å². The van der Waals surface area contributed by atoms with Gasteiger partial charge in [0.1, 0.15) is 6.54 Å². The number of carbonyl (C=O) groups is 2. The Balaban J connectivity index is 2.76. The quantitative estimate of drug-likeness (QED) is 0.713. The van der Waals surface area contributed by atoms with E-state index in [1.54, 1.807) is 6.92 Å². The number of nitrogens with two attached hydrogens (primary N) is 1. The molecule has 1 fully saturated rings. The number of hydrogen-bond donors (Lipinski definition) is 1. The van der Waals surface area contributed by atoms with Crippen molar-refractivity contribution in [3.8, 4) is 0 Å². The summed E-state index contributed by atoms with van der Waals surface area (Å²) in [5.41, 5.74) is 5.22. The Morgan fingerprint density at radius 2 is 2.00 bits per heavy atom. The second kappa shape index (κ2) is 5.04. The Morgan fingerprint density at radius 1 is 1.47 bits per heavy atom. The molecule has 17 heavy (non-hydrogen) atoms. The second-order valence-electron chi connectivity index (χ2n) is 5.16. The van der Waals surface area contributed by atoms with Gasteiger partial charge in [-0.15, -0.1) is 0 Å². The van der Waals surface area contributed by atoms with Gasteiger partial charge in [-0.05, 0) is 39.5 Å². The maximum atomic E-state index is 12.3. The van der Waals surface area contributed by atoms with Crippen molar-refractivity contribution < 1.29 is 14.3 Å². The highest BCUT2D eigenvalue weighted by Gasteiger charge is 2.46. The maximum Gasteiger partial charge on any atom is 0.325 e. The molecule has 1 aliphatic carbocycles. The molecule has 0 bridgehead atoms. The molecule has 1 atom stereocenters. The third kappa shape index (κ3) is 3.19. The minimum atomic E-state index is -0.863. The van der Waals surface area contributed by atoms with Gasteiger partial charge < -0.3 is 15.4 Å². The average molecular weight is 242 g/mol. The van der Waals surface area contributed by atoms with Crippen molar-refractivity contribution >= 4 is 11.9 Å². The summed E-state index contributed by atoms with van der Waals surface area (Å²) in [6.45, 7) is 5.44. The van der Waals surface area contributed by atoms with Crippen molar-refractivity contribution in [2.75, 3.05) is 13.7 Å². The van der Waals surface area contributed by atoms with Crippen LogP contribution < -0.4 is 5.73 Å². The van der Waals surface area contributed by atoms with Crippen molar-refractivity contribution in [3.05, 3.63) is 0 Å². The SMILES string of the molecule is COC(=O)CN(C(=O)C(C)(N)C1CC1)C(C)C. The summed E-state index contributed by atoms with van der Waals surface area (Å²) in [5, 5.41) is 0. The molecule has 0 spiro atoms. The zero-order chi connectivity index (χ0) is 13.2. The molecule has 98 valence electrons. The molecular formula is C12H22N2O3. The fourth-order valence-electron chi connectivity index (χ4n) is 1.86. The summed E-state index contributed by atoms with van der Waals surface area (Å²) in [4.78, 5) is 25.1. The van der Waals surface area contributed by atoms with E-state index in [1.165, 1.54) is 12.0 Å². The monoisotopic (exact) mass is 242 g/mol. The highest BCUT2D eigenvalue weighted by Crippen LogP contribution is 2.39. The highest BCUT2D eigenvalue weighted by molar-refractivity contribution is 5.89. The van der Waals surface area contributed by atoms with Crippen LogP contribution in [0.3, 0.4) is 0 Å². The number of carbonyl (C=O) groups excluding carboxylic acids is 2. The first-order valence-electron chi connectivity index (χ1n) is 5.97. The molecule has 2 N–H and O–H groups in total. The number of ether oxygens (including phenoxy) is 1. The van der Waals surface area contributed by atoms with Crippen molar-refractivity contribution in [3.63, 3.8) is 0 Å². The van der Waals surface area contributed by atoms with Gasteiger partial charge in [-0.3, -0.25) is 9.59 Å². The zero-order valence-electron chi connectivity index (χ0n) is 11.0. The van der Waals surface area contributed by atoms with Crippen LogP contribution in [-0.4, -0.2) is 42.0 Å². The summed E-state index contributed by atoms with van der Waals surface area (Å²) in [6.07, 6.45) is 1.98. The first kappa shape index (κ1) is 14.0. The van der Waals surface area contributed by atoms with Gasteiger partial charge in [0.15, 0.2) is 0 Å². The van der Waals surface area contributed by atoms with Crippen molar-refractivity contribution in [2.24, 2.45) is 11.7 Å². The number of hydrogen-bond acceptors (Lipinski definition) is 4. The van der Waals surface area contributed by atoms with E-state index in [0.29, 0.717) is 0 Å². The lowest BCUT2D eigenvalue weighted by Gasteiger charge is -2.33. The standard InChI is InChI=1S/C12H22N2O3/c1-8(2)14(7-10(15)17-4)11(16)12(3,13)9-5-6-9/h8-9H,5-7,13H2,1-4H3. The minimum Gasteiger partial charge on any atom is -0.468 e. The van der Waals surface area contributed by atoms with E-state index in [4.69, 9.17) is 5.73 Å². The van der Waals surface area contributed by atoms with Crippen molar-refractivity contribution in [1.82, 2.24) is 4.90 Å². The van der Waals surface area contributed by atoms with Gasteiger partial charge in [-0.2, -0.15) is 0 Å². The van der Waals surface area contributed by atoms with Crippen LogP contribution in [0.25, 0.3) is 0 Å². The Kier molecular flexibility index (Phi) is 4.14. The Labute approximate surface area is 102 Å². The topological polar surface area (TPSA) is 72.6 Å². The number of esters is 1. The largest absolute Gasteiger partial charge is 0.468 e. The van der Waals surface area contributed by atoms with Gasteiger partial charge in [0.2, 0.25) is 5.91 Å². The summed E-state index contributed by atoms with van der Waals surface area (Å²) in [5.74, 6) is -0.340. The Bertz CT molecular complexity index is 309. The summed E-state index contributed by atoms with van der Waals surface area (Å²) in [6, 6.07) is -0.0665. The first-order chi connectivity index (χ1) is 7.80. The van der Waals surface area contributed by atoms with Gasteiger partial charge in [0.25, 0.3) is 0 Å². The molecule has 1 aliphatic rings. The number of amides is 1. The third-order valence-electron chi connectivity index (χ3n) is 3.30. The summed E-state index contributed by atoms with van der Waals surface area (Å²) < 4.78 is 4.60. The number of methoxy groups -OCH3 is 1. The van der Waals surface area contributed by atoms with E-state index < -0.39 is 11.5 Å². The molecule has 0 aromatic rings. The lowest BCUT2D eigenvalue weighted by molar-refractivity contribution is -0.150. The van der Waals surface area contributed by atoms with Gasteiger partial charge in [0.05, 0.1) is 12.6 Å². The lowest BCUT2D eigenvalue weighted by atomic mass is 9.94. The molecule has 5 nitrogen and oxygen atoms in total. The third-order valence-corrected chi connectivity index (χ3v) is 3.30. The van der Waals surface area contributed by atoms with Gasteiger partial charge >= 0.3 is 5.97 Å². The predicted molar refractivity (Wildman–Crippen MR) is 64.2 cm³/mol. The fourth-order valence-corrected chi connectivity index (χ4v) is 1.86. The van der Waals surface area contributed by atoms with Crippen LogP contribution in [-0.2, 0) is 14.3 Å². The van der Waals surface area contributed by atoms with E-state index in [-0.39, 0.29) is 24.4 Å². The molecule has 0 aromatic heterocycles. The Morgan fingerprint density at radius 3 is 2.35 bits per heavy atom. The lowest BCUT2D eigenvalue weighted by Crippen LogP contribution is -2.57. The summed E-state index contributed by atoms with van der Waals surface area (Å²) in [7, 11) is 1.31. The van der Waals surface area contributed by atoms with E-state index in [0.717, 1.165) is 12.8 Å². The molecular weight excluding hydrogens is 220 g/mol. The molecule has 1 rings (SSSR count). The molecule has 1 unspecified atom stereocenters. The first-order valence-corrected chi connectivity index (χ1v) is 5.97. The number of rotatable bonds is 5. The molecule has 0 radical (unpaired) electrons. The Hall–Kier alpha value is -1.10. The molecule has 5 heteroatoms. The van der Waals surface area contributed by atoms with Crippen LogP contribution in [0.5, 0.6) is 0 Å². The van der Waals surface area contributed by atoms with E-state index in [1.807, 2.05) is 13.8 Å². The number of nitrogens with zero attached hydrogens (tertiary/aromatic N) is 1. The smallest absolute Gasteiger partial charge is 0.325 e. The maximum absolute atomic E-state index is 12.3. The normalized spacial score (nSPS) is 18.7. The van der Waals surface area contributed by atoms with Crippen LogP contribution in [0, 0.1) is 5.92 Å². The van der Waals surface area contributed by atoms with E-state index in [9.17, 15) is 9.59 Å². The molecule has 1 amide bonds. The van der Waals surface area contributed by atoms with Gasteiger partial charge in [-0.25, -0.2) is 0 Å². The van der Waals surface area contributed by atoms with E-state index >= 15 is 0 Å². The van der Waals surface area contributed by atoms with Crippen LogP contribution in [0.2, 0.25) is 0 Å². The molecule has 0 saturated heterocycles. The van der Waals surface area contributed by atoms with E-state index in [2.05, 4.69) is 4.74 Å². The second-order valence-corrected chi connectivity index (χ2v) is 5.16. The minimum absolute atomic E-state index is 0.0352. The highest BCUT2D eigenvalue weighted by atomic mass is 16.5. The van der Waals surface area contributed by atoms with Crippen molar-refractivity contribution in [1.29, 1.82) is 0 Å². The molecule has 0 aromatic carbocycles. The van der Waals surface area contributed by atoms with Crippen LogP contribution in [0.1, 0.15) is 33.6 Å². The zero-order valence-corrected chi connectivity index (χ0v) is 11.0. The molecule has 1 saturated carbocycles. The average Bonchev–Trinajstić information content (AvgIpc) is 3.07.